The topological polar surface area (TPSA) is 104 Å². The molecule has 0 aliphatic carbocycles. The molecule has 0 aliphatic heterocycles. The Morgan fingerprint density at radius 1 is 1.26 bits per heavy atom. The zero-order chi connectivity index (χ0) is 26.3. The molecular weight excluding hydrogens is 432 g/mol. The Balaban J connectivity index is 0.00000118. The fourth-order valence-corrected chi connectivity index (χ4v) is 3.01. The van der Waals surface area contributed by atoms with Crippen LogP contribution in [0.15, 0.2) is 40.9 Å². The minimum atomic E-state index is -0.244. The summed E-state index contributed by atoms with van der Waals surface area (Å²) in [6, 6.07) is 5.76. The first-order valence-corrected chi connectivity index (χ1v) is 11.9. The summed E-state index contributed by atoms with van der Waals surface area (Å²) < 4.78 is 7.11. The summed E-state index contributed by atoms with van der Waals surface area (Å²) in [7, 11) is 3.69. The molecule has 0 radical (unpaired) electrons. The lowest BCUT2D eigenvalue weighted by Gasteiger charge is -2.22. The molecule has 8 nitrogen and oxygen atoms in total. The molecule has 0 bridgehead atoms. The molecule has 1 aromatic carbocycles. The second-order valence-corrected chi connectivity index (χ2v) is 8.01. The van der Waals surface area contributed by atoms with E-state index in [1.54, 1.807) is 11.7 Å². The maximum atomic E-state index is 12.4. The largest absolute Gasteiger partial charge is 0.513 e. The summed E-state index contributed by atoms with van der Waals surface area (Å²) in [5, 5.41) is 23.1. The molecule has 3 N–H and O–H groups in total. The highest BCUT2D eigenvalue weighted by molar-refractivity contribution is 5.65. The second-order valence-electron chi connectivity index (χ2n) is 8.01. The Hall–Kier alpha value is -3.00. The van der Waals surface area contributed by atoms with Crippen LogP contribution in [0.4, 0.5) is 5.69 Å². The summed E-state index contributed by atoms with van der Waals surface area (Å²) in [5.41, 5.74) is 2.47. The first-order valence-electron chi connectivity index (χ1n) is 11.9. The van der Waals surface area contributed by atoms with Crippen LogP contribution in [-0.2, 0) is 0 Å². The first-order chi connectivity index (χ1) is 16.2. The molecule has 1 heterocycles. The number of aromatic amines is 1. The average molecular weight is 477 g/mol. The van der Waals surface area contributed by atoms with Gasteiger partial charge in [-0.25, -0.2) is 14.5 Å². The number of nitrogens with one attached hydrogen (secondary N) is 1. The molecule has 0 saturated carbocycles. The van der Waals surface area contributed by atoms with Gasteiger partial charge in [-0.05, 0) is 62.5 Å². The van der Waals surface area contributed by atoms with Crippen molar-refractivity contribution in [1.82, 2.24) is 14.8 Å². The van der Waals surface area contributed by atoms with Crippen LogP contribution in [0.1, 0.15) is 67.1 Å². The van der Waals surface area contributed by atoms with Crippen LogP contribution in [0.2, 0.25) is 0 Å². The zero-order valence-corrected chi connectivity index (χ0v) is 22.3. The van der Waals surface area contributed by atoms with Crippen molar-refractivity contribution in [2.45, 2.75) is 61.3 Å². The molecule has 0 fully saturated rings. The van der Waals surface area contributed by atoms with Gasteiger partial charge < -0.3 is 19.8 Å². The SMILES string of the molecule is C/C(O)=C\CO.CC.CCCN(C)c1cc(-n2c(/C(C)=C/CC(C)C)n[nH]c2=O)ccc1OC. The van der Waals surface area contributed by atoms with Gasteiger partial charge in [0.15, 0.2) is 5.82 Å². The highest BCUT2D eigenvalue weighted by Gasteiger charge is 2.15. The number of H-pyrrole nitrogens is 1. The molecule has 192 valence electrons. The van der Waals surface area contributed by atoms with Gasteiger partial charge in [-0.2, -0.15) is 5.10 Å². The van der Waals surface area contributed by atoms with Gasteiger partial charge in [-0.3, -0.25) is 0 Å². The van der Waals surface area contributed by atoms with E-state index >= 15 is 0 Å². The lowest BCUT2D eigenvalue weighted by molar-refractivity contribution is 0.329. The molecular formula is C26H44N4O4. The van der Waals surface area contributed by atoms with Crippen LogP contribution in [0.5, 0.6) is 5.75 Å². The van der Waals surface area contributed by atoms with Crippen LogP contribution in [0, 0.1) is 5.92 Å². The summed E-state index contributed by atoms with van der Waals surface area (Å²) in [6.45, 7) is 14.8. The van der Waals surface area contributed by atoms with E-state index in [1.807, 2.05) is 46.0 Å². The molecule has 0 atom stereocenters. The van der Waals surface area contributed by atoms with Crippen LogP contribution >= 0.6 is 0 Å². The molecule has 0 unspecified atom stereocenters. The van der Waals surface area contributed by atoms with E-state index in [9.17, 15) is 4.79 Å². The third-order valence-corrected chi connectivity index (χ3v) is 4.70. The monoisotopic (exact) mass is 476 g/mol. The van der Waals surface area contributed by atoms with Crippen LogP contribution < -0.4 is 15.3 Å². The number of aliphatic hydroxyl groups is 2. The van der Waals surface area contributed by atoms with Crippen molar-refractivity contribution in [3.63, 3.8) is 0 Å². The summed E-state index contributed by atoms with van der Waals surface area (Å²) in [5.74, 6) is 2.15. The fourth-order valence-electron chi connectivity index (χ4n) is 3.01. The summed E-state index contributed by atoms with van der Waals surface area (Å²) in [4.78, 5) is 14.6. The Morgan fingerprint density at radius 2 is 1.91 bits per heavy atom. The summed E-state index contributed by atoms with van der Waals surface area (Å²) >= 11 is 0. The van der Waals surface area contributed by atoms with E-state index in [4.69, 9.17) is 14.9 Å². The first kappa shape index (κ1) is 31.0. The number of aromatic nitrogens is 3. The number of ether oxygens (including phenoxy) is 1. The lowest BCUT2D eigenvalue weighted by Crippen LogP contribution is -2.20. The predicted octanol–water partition coefficient (Wildman–Crippen LogP) is 5.33. The van der Waals surface area contributed by atoms with E-state index in [1.165, 1.54) is 13.0 Å². The average Bonchev–Trinajstić information content (AvgIpc) is 3.20. The Kier molecular flexibility index (Phi) is 15.1. The molecule has 2 rings (SSSR count). The molecule has 0 saturated heterocycles. The Labute approximate surface area is 204 Å². The van der Waals surface area contributed by atoms with Crippen molar-refractivity contribution in [2.75, 3.05) is 32.2 Å². The van der Waals surface area contributed by atoms with Crippen molar-refractivity contribution in [3.8, 4) is 11.4 Å². The van der Waals surface area contributed by atoms with Gasteiger partial charge >= 0.3 is 5.69 Å². The zero-order valence-electron chi connectivity index (χ0n) is 22.3. The third kappa shape index (κ3) is 9.87. The van der Waals surface area contributed by atoms with Crippen LogP contribution in [0.3, 0.4) is 0 Å². The number of hydrogen-bond acceptors (Lipinski definition) is 6. The number of benzene rings is 1. The maximum Gasteiger partial charge on any atom is 0.348 e. The molecule has 8 heteroatoms. The number of rotatable bonds is 9. The van der Waals surface area contributed by atoms with Crippen molar-refractivity contribution in [3.05, 3.63) is 52.4 Å². The molecule has 2 aromatic rings. The smallest absolute Gasteiger partial charge is 0.348 e. The molecule has 0 aliphatic rings. The van der Waals surface area contributed by atoms with Gasteiger partial charge in [0.2, 0.25) is 0 Å². The van der Waals surface area contributed by atoms with Gasteiger partial charge in [0.25, 0.3) is 0 Å². The van der Waals surface area contributed by atoms with Crippen molar-refractivity contribution < 1.29 is 14.9 Å². The number of hydrogen-bond donors (Lipinski definition) is 3. The lowest BCUT2D eigenvalue weighted by atomic mass is 10.1. The molecule has 1 aromatic heterocycles. The maximum absolute atomic E-state index is 12.4. The Bertz CT molecular complexity index is 954. The molecule has 34 heavy (non-hydrogen) atoms. The molecule has 0 amide bonds. The predicted molar refractivity (Wildman–Crippen MR) is 142 cm³/mol. The number of methoxy groups -OCH3 is 1. The van der Waals surface area contributed by atoms with E-state index in [2.05, 4.69) is 41.9 Å². The van der Waals surface area contributed by atoms with Gasteiger partial charge in [0, 0.05) is 13.6 Å². The van der Waals surface area contributed by atoms with Gasteiger partial charge in [0.1, 0.15) is 5.75 Å². The highest BCUT2D eigenvalue weighted by Crippen LogP contribution is 2.30. The summed E-state index contributed by atoms with van der Waals surface area (Å²) in [6.07, 6.45) is 5.42. The minimum absolute atomic E-state index is 0.0810. The number of nitrogens with zero attached hydrogens (tertiary/aromatic N) is 3. The number of aliphatic hydroxyl groups excluding tert-OH is 2. The van der Waals surface area contributed by atoms with Gasteiger partial charge in [0.05, 0.1) is 30.9 Å². The van der Waals surface area contributed by atoms with Gasteiger partial charge in [-0.15, -0.1) is 0 Å². The fraction of sp³-hybridized carbons (Fsp3) is 0.538. The normalized spacial score (nSPS) is 11.4. The van der Waals surface area contributed by atoms with Crippen molar-refractivity contribution in [1.29, 1.82) is 0 Å². The Morgan fingerprint density at radius 3 is 2.38 bits per heavy atom. The van der Waals surface area contributed by atoms with Crippen LogP contribution in [0.25, 0.3) is 11.3 Å². The van der Waals surface area contributed by atoms with Crippen molar-refractivity contribution >= 4 is 11.3 Å². The van der Waals surface area contributed by atoms with E-state index in [0.29, 0.717) is 11.7 Å². The van der Waals surface area contributed by atoms with Gasteiger partial charge in [-0.1, -0.05) is 40.7 Å². The standard InChI is InChI=1S/C20H30N4O2.C4H8O2.C2H6/c1-7-12-23(5)17-13-16(10-11-18(17)26-6)24-19(21-22-20(24)25)15(4)9-8-14(2)3;1-4(6)2-3-5;1-2/h9-11,13-14H,7-8,12H2,1-6H3,(H,22,25);2,5-6H,3H2,1H3;1-2H3/b15-9+;4-2+;. The van der Waals surface area contributed by atoms with E-state index < -0.39 is 0 Å². The van der Waals surface area contributed by atoms with E-state index in [-0.39, 0.29) is 18.1 Å². The highest BCUT2D eigenvalue weighted by atomic mass is 16.5. The van der Waals surface area contributed by atoms with E-state index in [0.717, 1.165) is 42.1 Å². The quantitative estimate of drug-likeness (QED) is 0.423. The molecule has 0 spiro atoms. The number of anilines is 1. The third-order valence-electron chi connectivity index (χ3n) is 4.70. The van der Waals surface area contributed by atoms with Crippen molar-refractivity contribution in [2.24, 2.45) is 5.92 Å². The second kappa shape index (κ2) is 16.6. The minimum Gasteiger partial charge on any atom is -0.513 e. The number of allylic oxidation sites excluding steroid dienone is 3. The van der Waals surface area contributed by atoms with Crippen LogP contribution in [-0.4, -0.2) is 52.3 Å².